The number of H-pyrrole nitrogens is 1. The van der Waals surface area contributed by atoms with Gasteiger partial charge in [-0.1, -0.05) is 18.2 Å². The van der Waals surface area contributed by atoms with Crippen LogP contribution in [-0.4, -0.2) is 20.7 Å². The monoisotopic (exact) mass is 342 g/mol. The highest BCUT2D eigenvalue weighted by Gasteiger charge is 2.11. The van der Waals surface area contributed by atoms with E-state index in [9.17, 15) is 9.18 Å². The number of aromatic amines is 1. The Morgan fingerprint density at radius 2 is 2.08 bits per heavy atom. The molecule has 1 heterocycles. The van der Waals surface area contributed by atoms with E-state index in [2.05, 4.69) is 15.5 Å². The first-order chi connectivity index (χ1) is 11.5. The number of benzene rings is 2. The molecule has 0 saturated heterocycles. The summed E-state index contributed by atoms with van der Waals surface area (Å²) < 4.78 is 15.4. The molecule has 0 aliphatic heterocycles. The van der Waals surface area contributed by atoms with Crippen LogP contribution >= 0.6 is 12.2 Å². The first kappa shape index (κ1) is 16.1. The van der Waals surface area contributed by atoms with Crippen LogP contribution < -0.4 is 5.32 Å². The molecule has 0 atom stereocenters. The summed E-state index contributed by atoms with van der Waals surface area (Å²) in [4.78, 5) is 12.1. The van der Waals surface area contributed by atoms with Crippen LogP contribution in [0.2, 0.25) is 0 Å². The Morgan fingerprint density at radius 1 is 1.29 bits per heavy atom. The van der Waals surface area contributed by atoms with E-state index in [4.69, 9.17) is 12.2 Å². The number of hydrogen-bond acceptors (Lipinski definition) is 3. The van der Waals surface area contributed by atoms with Crippen molar-refractivity contribution < 1.29 is 9.18 Å². The molecule has 24 heavy (non-hydrogen) atoms. The molecule has 0 saturated carbocycles. The molecule has 122 valence electrons. The van der Waals surface area contributed by atoms with Crippen LogP contribution in [0.1, 0.15) is 21.7 Å². The summed E-state index contributed by atoms with van der Waals surface area (Å²) in [7, 11) is 0. The van der Waals surface area contributed by atoms with Gasteiger partial charge in [-0.05, 0) is 55.0 Å². The number of hydrogen-bond donors (Lipinski definition) is 2. The van der Waals surface area contributed by atoms with E-state index in [0.29, 0.717) is 10.6 Å². The lowest BCUT2D eigenvalue weighted by atomic mass is 10.2. The van der Waals surface area contributed by atoms with E-state index in [1.54, 1.807) is 10.6 Å². The van der Waals surface area contributed by atoms with Crippen molar-refractivity contribution in [1.29, 1.82) is 0 Å². The Balaban J connectivity index is 1.82. The number of amides is 1. The number of carbonyl (C=O) groups excluding carboxylic acids is 1. The largest absolute Gasteiger partial charge is 0.345 e. The molecule has 0 aliphatic rings. The minimum Gasteiger partial charge on any atom is -0.345 e. The van der Waals surface area contributed by atoms with Crippen LogP contribution in [-0.2, 0) is 6.54 Å². The summed E-state index contributed by atoms with van der Waals surface area (Å²) in [6, 6.07) is 13.3. The average Bonchev–Trinajstić information content (AvgIpc) is 2.93. The van der Waals surface area contributed by atoms with Gasteiger partial charge in [-0.2, -0.15) is 5.10 Å². The van der Waals surface area contributed by atoms with Gasteiger partial charge in [0.05, 0.1) is 6.54 Å². The summed E-state index contributed by atoms with van der Waals surface area (Å²) in [6.45, 7) is 2.15. The molecule has 0 unspecified atom stereocenters. The normalized spacial score (nSPS) is 10.6. The van der Waals surface area contributed by atoms with Crippen LogP contribution in [0.15, 0.2) is 48.5 Å². The highest BCUT2D eigenvalue weighted by Crippen LogP contribution is 2.13. The van der Waals surface area contributed by atoms with Crippen molar-refractivity contribution in [2.45, 2.75) is 13.5 Å². The fourth-order valence-electron chi connectivity index (χ4n) is 2.37. The zero-order valence-corrected chi connectivity index (χ0v) is 13.7. The zero-order valence-electron chi connectivity index (χ0n) is 12.9. The van der Waals surface area contributed by atoms with Crippen LogP contribution in [0.3, 0.4) is 0 Å². The molecular weight excluding hydrogens is 327 g/mol. The summed E-state index contributed by atoms with van der Waals surface area (Å²) in [5.74, 6) is -0.264. The fraction of sp³-hybridized carbons (Fsp3) is 0.118. The molecule has 3 aromatic rings. The molecule has 0 fully saturated rings. The first-order valence-electron chi connectivity index (χ1n) is 7.32. The average molecular weight is 342 g/mol. The van der Waals surface area contributed by atoms with Gasteiger partial charge in [0.2, 0.25) is 0 Å². The molecule has 1 aromatic heterocycles. The molecule has 0 aliphatic carbocycles. The van der Waals surface area contributed by atoms with E-state index in [1.165, 1.54) is 18.2 Å². The van der Waals surface area contributed by atoms with Crippen molar-refractivity contribution in [2.24, 2.45) is 0 Å². The van der Waals surface area contributed by atoms with Gasteiger partial charge in [0.25, 0.3) is 5.91 Å². The van der Waals surface area contributed by atoms with Gasteiger partial charge < -0.3 is 5.32 Å². The number of carbonyl (C=O) groups is 1. The van der Waals surface area contributed by atoms with E-state index in [0.717, 1.165) is 11.3 Å². The van der Waals surface area contributed by atoms with Crippen LogP contribution in [0.25, 0.3) is 5.69 Å². The van der Waals surface area contributed by atoms with E-state index >= 15 is 0 Å². The molecule has 3 rings (SSSR count). The third-order valence-electron chi connectivity index (χ3n) is 3.50. The molecule has 5 nitrogen and oxygen atoms in total. The lowest BCUT2D eigenvalue weighted by Gasteiger charge is -2.09. The molecule has 0 radical (unpaired) electrons. The van der Waals surface area contributed by atoms with Crippen LogP contribution in [0, 0.1) is 17.5 Å². The first-order valence-corrected chi connectivity index (χ1v) is 7.72. The standard InChI is InChI=1S/C17H15FN4OS/c1-11-4-2-7-14(8-11)22-15(20-21-17(22)24)10-19-16(23)12-5-3-6-13(18)9-12/h2-9H,10H2,1H3,(H,19,23)(H,21,24). The van der Waals surface area contributed by atoms with Gasteiger partial charge in [-0.25, -0.2) is 4.39 Å². The van der Waals surface area contributed by atoms with Crippen molar-refractivity contribution in [3.8, 4) is 5.69 Å². The van der Waals surface area contributed by atoms with Gasteiger partial charge in [0.15, 0.2) is 10.6 Å². The number of rotatable bonds is 4. The van der Waals surface area contributed by atoms with Gasteiger partial charge >= 0.3 is 0 Å². The maximum atomic E-state index is 13.2. The number of aromatic nitrogens is 3. The predicted octanol–water partition coefficient (Wildman–Crippen LogP) is 3.31. The summed E-state index contributed by atoms with van der Waals surface area (Å²) in [6.07, 6.45) is 0. The minimum absolute atomic E-state index is 0.163. The van der Waals surface area contributed by atoms with Crippen LogP contribution in [0.4, 0.5) is 4.39 Å². The van der Waals surface area contributed by atoms with Gasteiger partial charge in [0, 0.05) is 11.3 Å². The molecule has 2 N–H and O–H groups in total. The molecule has 0 spiro atoms. The predicted molar refractivity (Wildman–Crippen MR) is 91.1 cm³/mol. The molecule has 7 heteroatoms. The third kappa shape index (κ3) is 3.41. The van der Waals surface area contributed by atoms with Crippen molar-refractivity contribution in [1.82, 2.24) is 20.1 Å². The van der Waals surface area contributed by atoms with E-state index in [1.807, 2.05) is 31.2 Å². The Hall–Kier alpha value is -2.80. The Morgan fingerprint density at radius 3 is 2.83 bits per heavy atom. The molecule has 2 aromatic carbocycles. The number of nitrogens with zero attached hydrogens (tertiary/aromatic N) is 2. The topological polar surface area (TPSA) is 62.7 Å². The lowest BCUT2D eigenvalue weighted by molar-refractivity contribution is 0.0949. The number of nitrogens with one attached hydrogen (secondary N) is 2. The summed E-state index contributed by atoms with van der Waals surface area (Å²) >= 11 is 5.27. The molecule has 0 bridgehead atoms. The quantitative estimate of drug-likeness (QED) is 0.715. The lowest BCUT2D eigenvalue weighted by Crippen LogP contribution is -2.24. The van der Waals surface area contributed by atoms with Crippen molar-refractivity contribution >= 4 is 18.1 Å². The molecule has 1 amide bonds. The third-order valence-corrected chi connectivity index (χ3v) is 3.77. The summed E-state index contributed by atoms with van der Waals surface area (Å²) in [5.41, 5.74) is 2.21. The Labute approximate surface area is 143 Å². The van der Waals surface area contributed by atoms with Gasteiger partial charge in [0.1, 0.15) is 5.82 Å². The van der Waals surface area contributed by atoms with Crippen molar-refractivity contribution in [2.75, 3.05) is 0 Å². The second-order valence-corrected chi connectivity index (χ2v) is 5.70. The highest BCUT2D eigenvalue weighted by molar-refractivity contribution is 7.71. The molecular formula is C17H15FN4OS. The maximum Gasteiger partial charge on any atom is 0.251 e. The number of halogens is 1. The van der Waals surface area contributed by atoms with Gasteiger partial charge in [-0.3, -0.25) is 14.5 Å². The van der Waals surface area contributed by atoms with Crippen molar-refractivity contribution in [3.05, 3.63) is 76.1 Å². The van der Waals surface area contributed by atoms with Crippen LogP contribution in [0.5, 0.6) is 0 Å². The fourth-order valence-corrected chi connectivity index (χ4v) is 2.63. The Kier molecular flexibility index (Phi) is 4.52. The van der Waals surface area contributed by atoms with Crippen molar-refractivity contribution in [3.63, 3.8) is 0 Å². The van der Waals surface area contributed by atoms with Gasteiger partial charge in [-0.15, -0.1) is 0 Å². The Bertz CT molecular complexity index is 948. The smallest absolute Gasteiger partial charge is 0.251 e. The summed E-state index contributed by atoms with van der Waals surface area (Å²) in [5, 5.41) is 9.62. The zero-order chi connectivity index (χ0) is 17.1. The maximum absolute atomic E-state index is 13.2. The second-order valence-electron chi connectivity index (χ2n) is 5.31. The number of aryl methyl sites for hydroxylation is 1. The highest BCUT2D eigenvalue weighted by atomic mass is 32.1. The second kappa shape index (κ2) is 6.76. The van der Waals surface area contributed by atoms with E-state index in [-0.39, 0.29) is 18.0 Å². The SMILES string of the molecule is Cc1cccc(-n2c(CNC(=O)c3cccc(F)c3)n[nH]c2=S)c1. The van der Waals surface area contributed by atoms with E-state index < -0.39 is 5.82 Å². The minimum atomic E-state index is -0.454.